The second kappa shape index (κ2) is 3.65. The molecule has 100 valence electrons. The zero-order chi connectivity index (χ0) is 13.1. The maximum Gasteiger partial charge on any atom is 0.324 e. The average Bonchev–Trinajstić information content (AvgIpc) is 2.75. The third-order valence-corrected chi connectivity index (χ3v) is 3.95. The van der Waals surface area contributed by atoms with E-state index < -0.39 is 52.0 Å². The van der Waals surface area contributed by atoms with Gasteiger partial charge in [0.2, 0.25) is 0 Å². The van der Waals surface area contributed by atoms with E-state index in [9.17, 15) is 18.0 Å². The molecule has 3 aliphatic heterocycles. The lowest BCUT2D eigenvalue weighted by atomic mass is 9.87. The Morgan fingerprint density at radius 1 is 1.44 bits per heavy atom. The topological polar surface area (TPSA) is 116 Å². The summed E-state index contributed by atoms with van der Waals surface area (Å²) in [5.41, 5.74) is 0. The molecule has 2 bridgehead atoms. The fraction of sp³-hybridized carbons (Fsp3) is 0.778. The zero-order valence-electron chi connectivity index (χ0n) is 9.01. The van der Waals surface area contributed by atoms with Gasteiger partial charge in [-0.25, -0.2) is 0 Å². The Kier molecular flexibility index (Phi) is 2.41. The predicted molar refractivity (Wildman–Crippen MR) is 52.9 cm³/mol. The SMILES string of the molecule is O=C(CS(=O)(=O)O)OC1C2C[C@@H]3OC(=O)C1C3O2. The van der Waals surface area contributed by atoms with Gasteiger partial charge in [0.15, 0.2) is 5.75 Å². The molecular formula is C9H10O8S. The first kappa shape index (κ1) is 11.9. The van der Waals surface area contributed by atoms with E-state index in [2.05, 4.69) is 0 Å². The number of hydrogen-bond donors (Lipinski definition) is 1. The highest BCUT2D eigenvalue weighted by Crippen LogP contribution is 2.47. The molecule has 9 heteroatoms. The number of ether oxygens (including phenoxy) is 3. The van der Waals surface area contributed by atoms with Crippen LogP contribution in [0.1, 0.15) is 6.42 Å². The Balaban J connectivity index is 1.71. The van der Waals surface area contributed by atoms with Gasteiger partial charge in [-0.05, 0) is 0 Å². The van der Waals surface area contributed by atoms with Crippen molar-refractivity contribution in [1.29, 1.82) is 0 Å². The number of carbonyl (C=O) groups excluding carboxylic acids is 2. The summed E-state index contributed by atoms with van der Waals surface area (Å²) in [6.07, 6.45) is -1.52. The summed E-state index contributed by atoms with van der Waals surface area (Å²) in [6, 6.07) is 0. The van der Waals surface area contributed by atoms with Gasteiger partial charge in [-0.3, -0.25) is 14.1 Å². The van der Waals surface area contributed by atoms with Gasteiger partial charge in [0.25, 0.3) is 10.1 Å². The molecular weight excluding hydrogens is 268 g/mol. The highest BCUT2D eigenvalue weighted by atomic mass is 32.2. The molecule has 0 amide bonds. The Bertz CT molecular complexity index is 509. The molecule has 0 spiro atoms. The van der Waals surface area contributed by atoms with Gasteiger partial charge < -0.3 is 14.2 Å². The van der Waals surface area contributed by atoms with E-state index in [0.717, 1.165) is 0 Å². The summed E-state index contributed by atoms with van der Waals surface area (Å²) in [4.78, 5) is 22.8. The van der Waals surface area contributed by atoms with Gasteiger partial charge in [-0.1, -0.05) is 0 Å². The first-order valence-corrected chi connectivity index (χ1v) is 6.97. The minimum Gasteiger partial charge on any atom is -0.459 e. The van der Waals surface area contributed by atoms with E-state index in [-0.39, 0.29) is 6.10 Å². The summed E-state index contributed by atoms with van der Waals surface area (Å²) in [7, 11) is -4.44. The quantitative estimate of drug-likeness (QED) is 0.489. The van der Waals surface area contributed by atoms with Crippen LogP contribution in [0.3, 0.4) is 0 Å². The standard InChI is InChI=1S/C9H10O8S/c10-5(2-18(12,13)14)17-8-3-1-4-7(15-3)6(8)9(11)16-4/h3-4,6-8H,1-2H2,(H,12,13,14)/t3?,4-,6?,7?,8?/m0/s1. The lowest BCUT2D eigenvalue weighted by Crippen LogP contribution is -2.40. The molecule has 0 aromatic carbocycles. The maximum atomic E-state index is 11.5. The van der Waals surface area contributed by atoms with E-state index in [1.807, 2.05) is 0 Å². The number of carbonyl (C=O) groups is 2. The van der Waals surface area contributed by atoms with Crippen LogP contribution >= 0.6 is 0 Å². The molecule has 0 radical (unpaired) electrons. The molecule has 0 saturated carbocycles. The Morgan fingerprint density at radius 2 is 2.17 bits per heavy atom. The third kappa shape index (κ3) is 1.78. The second-order valence-electron chi connectivity index (χ2n) is 4.56. The molecule has 0 aromatic rings. The second-order valence-corrected chi connectivity index (χ2v) is 6.01. The highest BCUT2D eigenvalue weighted by Gasteiger charge is 2.65. The van der Waals surface area contributed by atoms with E-state index in [0.29, 0.717) is 6.42 Å². The van der Waals surface area contributed by atoms with Crippen LogP contribution in [0, 0.1) is 5.92 Å². The van der Waals surface area contributed by atoms with Gasteiger partial charge in [0.1, 0.15) is 24.2 Å². The van der Waals surface area contributed by atoms with Crippen LogP contribution in [0.25, 0.3) is 0 Å². The van der Waals surface area contributed by atoms with Crippen molar-refractivity contribution in [2.24, 2.45) is 5.92 Å². The number of hydrogen-bond acceptors (Lipinski definition) is 7. The fourth-order valence-corrected chi connectivity index (χ4v) is 3.11. The van der Waals surface area contributed by atoms with Crippen LogP contribution in [0.15, 0.2) is 0 Å². The minimum absolute atomic E-state index is 0.288. The molecule has 3 fully saturated rings. The molecule has 3 saturated heterocycles. The predicted octanol–water partition coefficient (Wildman–Crippen LogP) is -1.50. The summed E-state index contributed by atoms with van der Waals surface area (Å²) in [6.45, 7) is 0. The summed E-state index contributed by atoms with van der Waals surface area (Å²) < 4.78 is 45.0. The molecule has 4 unspecified atom stereocenters. The molecule has 3 aliphatic rings. The van der Waals surface area contributed by atoms with Gasteiger partial charge in [0.05, 0.1) is 6.10 Å². The molecule has 1 N–H and O–H groups in total. The molecule has 5 atom stereocenters. The summed E-state index contributed by atoms with van der Waals surface area (Å²) in [5, 5.41) is 0. The molecule has 3 rings (SSSR count). The highest BCUT2D eigenvalue weighted by molar-refractivity contribution is 7.86. The van der Waals surface area contributed by atoms with Crippen molar-refractivity contribution in [1.82, 2.24) is 0 Å². The largest absolute Gasteiger partial charge is 0.459 e. The lowest BCUT2D eigenvalue weighted by Gasteiger charge is -2.21. The molecule has 0 aromatic heterocycles. The Morgan fingerprint density at radius 3 is 2.83 bits per heavy atom. The van der Waals surface area contributed by atoms with E-state index in [1.54, 1.807) is 0 Å². The average molecular weight is 278 g/mol. The summed E-state index contributed by atoms with van der Waals surface area (Å²) >= 11 is 0. The minimum atomic E-state index is -4.44. The molecule has 18 heavy (non-hydrogen) atoms. The monoisotopic (exact) mass is 278 g/mol. The van der Waals surface area contributed by atoms with Crippen LogP contribution in [0.2, 0.25) is 0 Å². The van der Waals surface area contributed by atoms with Gasteiger partial charge in [-0.2, -0.15) is 8.42 Å². The van der Waals surface area contributed by atoms with Gasteiger partial charge >= 0.3 is 11.9 Å². The van der Waals surface area contributed by atoms with Crippen molar-refractivity contribution in [2.75, 3.05) is 5.75 Å². The van der Waals surface area contributed by atoms with Crippen LogP contribution in [0.4, 0.5) is 0 Å². The van der Waals surface area contributed by atoms with Gasteiger partial charge in [0, 0.05) is 6.42 Å². The van der Waals surface area contributed by atoms with Crippen molar-refractivity contribution in [2.45, 2.75) is 30.8 Å². The normalized spacial score (nSPS) is 40.9. The Hall–Kier alpha value is -1.19. The van der Waals surface area contributed by atoms with Crippen molar-refractivity contribution >= 4 is 22.1 Å². The third-order valence-electron chi connectivity index (χ3n) is 3.34. The molecule has 3 heterocycles. The van der Waals surface area contributed by atoms with E-state index >= 15 is 0 Å². The first-order valence-electron chi connectivity index (χ1n) is 5.36. The summed E-state index contributed by atoms with van der Waals surface area (Å²) in [5.74, 6) is -3.41. The van der Waals surface area contributed by atoms with Crippen molar-refractivity contribution in [3.8, 4) is 0 Å². The molecule has 8 nitrogen and oxygen atoms in total. The van der Waals surface area contributed by atoms with Crippen LogP contribution in [-0.2, 0) is 33.9 Å². The van der Waals surface area contributed by atoms with E-state index in [4.69, 9.17) is 18.8 Å². The van der Waals surface area contributed by atoms with E-state index in [1.165, 1.54) is 0 Å². The van der Waals surface area contributed by atoms with Crippen molar-refractivity contribution in [3.05, 3.63) is 0 Å². The van der Waals surface area contributed by atoms with Crippen molar-refractivity contribution < 1.29 is 36.8 Å². The smallest absolute Gasteiger partial charge is 0.324 e. The molecule has 0 aliphatic carbocycles. The fourth-order valence-electron chi connectivity index (χ4n) is 2.75. The van der Waals surface area contributed by atoms with Crippen LogP contribution < -0.4 is 0 Å². The van der Waals surface area contributed by atoms with Crippen LogP contribution in [0.5, 0.6) is 0 Å². The van der Waals surface area contributed by atoms with Crippen LogP contribution in [-0.4, -0.2) is 55.1 Å². The van der Waals surface area contributed by atoms with Crippen molar-refractivity contribution in [3.63, 3.8) is 0 Å². The first-order chi connectivity index (χ1) is 8.35. The lowest BCUT2D eigenvalue weighted by molar-refractivity contribution is -0.153. The van der Waals surface area contributed by atoms with Gasteiger partial charge in [-0.15, -0.1) is 0 Å². The Labute approximate surface area is 102 Å². The number of rotatable bonds is 3. The number of esters is 2. The maximum absolute atomic E-state index is 11.5. The number of fused-ring (bicyclic) bond motifs is 1. The zero-order valence-corrected chi connectivity index (χ0v) is 9.83.